The second kappa shape index (κ2) is 5.38. The predicted molar refractivity (Wildman–Crippen MR) is 57.1 cm³/mol. The molecule has 15 heavy (non-hydrogen) atoms. The lowest BCUT2D eigenvalue weighted by Gasteiger charge is -2.01. The lowest BCUT2D eigenvalue weighted by Crippen LogP contribution is -2.07. The van der Waals surface area contributed by atoms with Crippen LogP contribution in [-0.4, -0.2) is 20.7 Å². The Kier molecular flexibility index (Phi) is 4.15. The van der Waals surface area contributed by atoms with Crippen LogP contribution >= 0.6 is 0 Å². The molecule has 0 fully saturated rings. The summed E-state index contributed by atoms with van der Waals surface area (Å²) >= 11 is 0. The molecular formula is C9H11N3O2S. The summed E-state index contributed by atoms with van der Waals surface area (Å²) in [7, 11) is -3.22. The van der Waals surface area contributed by atoms with Crippen molar-refractivity contribution in [2.45, 2.75) is 11.3 Å². The normalized spacial score (nSPS) is 10.7. The monoisotopic (exact) mass is 225 g/mol. The predicted octanol–water partition coefficient (Wildman–Crippen LogP) is 2.16. The first-order valence-electron chi connectivity index (χ1n) is 4.45. The summed E-state index contributed by atoms with van der Waals surface area (Å²) in [6.45, 7) is 0.211. The van der Waals surface area contributed by atoms with E-state index in [1.165, 1.54) is 0 Å². The topological polar surface area (TPSA) is 82.9 Å². The first kappa shape index (κ1) is 11.6. The Morgan fingerprint density at radius 2 is 1.93 bits per heavy atom. The molecule has 6 heteroatoms. The third-order valence-electron chi connectivity index (χ3n) is 1.84. The molecule has 1 aromatic rings. The minimum absolute atomic E-state index is 0.00995. The standard InChI is InChI=1S/C9H11N3O2S/c10-12-11-7-4-8-15(13,14)9-5-2-1-3-6-9/h1-3,5-6H,4,7-8H2. The van der Waals surface area contributed by atoms with Crippen LogP contribution < -0.4 is 0 Å². The minimum atomic E-state index is -3.22. The van der Waals surface area contributed by atoms with Crippen molar-refractivity contribution in [2.75, 3.05) is 12.3 Å². The highest BCUT2D eigenvalue weighted by molar-refractivity contribution is 7.91. The van der Waals surface area contributed by atoms with E-state index in [0.29, 0.717) is 11.3 Å². The third-order valence-corrected chi connectivity index (χ3v) is 3.65. The van der Waals surface area contributed by atoms with Crippen molar-refractivity contribution in [3.63, 3.8) is 0 Å². The summed E-state index contributed by atoms with van der Waals surface area (Å²) in [6, 6.07) is 8.24. The molecule has 1 aromatic carbocycles. The van der Waals surface area contributed by atoms with E-state index in [9.17, 15) is 8.42 Å². The van der Waals surface area contributed by atoms with E-state index in [1.807, 2.05) is 0 Å². The SMILES string of the molecule is [N-]=[N+]=NCCCS(=O)(=O)c1ccccc1. The van der Waals surface area contributed by atoms with Crippen LogP contribution in [0.5, 0.6) is 0 Å². The van der Waals surface area contributed by atoms with Gasteiger partial charge in [-0.3, -0.25) is 0 Å². The maximum Gasteiger partial charge on any atom is 0.178 e. The number of hydrogen-bond acceptors (Lipinski definition) is 3. The molecule has 0 saturated carbocycles. The van der Waals surface area contributed by atoms with Crippen molar-refractivity contribution in [3.8, 4) is 0 Å². The Hall–Kier alpha value is -1.52. The van der Waals surface area contributed by atoms with Crippen LogP contribution in [0.25, 0.3) is 10.4 Å². The van der Waals surface area contributed by atoms with Gasteiger partial charge in [-0.15, -0.1) is 0 Å². The van der Waals surface area contributed by atoms with Crippen LogP contribution in [0.1, 0.15) is 6.42 Å². The van der Waals surface area contributed by atoms with Gasteiger partial charge in [-0.2, -0.15) is 0 Å². The second-order valence-electron chi connectivity index (χ2n) is 2.94. The summed E-state index contributed by atoms with van der Waals surface area (Å²) in [6.07, 6.45) is 0.348. The lowest BCUT2D eigenvalue weighted by molar-refractivity contribution is 0.593. The molecule has 1 rings (SSSR count). The second-order valence-corrected chi connectivity index (χ2v) is 5.05. The van der Waals surface area contributed by atoms with Gasteiger partial charge in [0.1, 0.15) is 0 Å². The van der Waals surface area contributed by atoms with E-state index in [0.717, 1.165) is 0 Å². The molecule has 0 N–H and O–H groups in total. The van der Waals surface area contributed by atoms with Crippen molar-refractivity contribution in [1.82, 2.24) is 0 Å². The van der Waals surface area contributed by atoms with Crippen LogP contribution in [0.15, 0.2) is 40.3 Å². The van der Waals surface area contributed by atoms with E-state index in [-0.39, 0.29) is 12.3 Å². The van der Waals surface area contributed by atoms with Crippen molar-refractivity contribution in [3.05, 3.63) is 40.8 Å². The summed E-state index contributed by atoms with van der Waals surface area (Å²) in [5.74, 6) is 0.00995. The van der Waals surface area contributed by atoms with Gasteiger partial charge < -0.3 is 0 Å². The van der Waals surface area contributed by atoms with E-state index in [1.54, 1.807) is 30.3 Å². The zero-order valence-electron chi connectivity index (χ0n) is 8.07. The smallest absolute Gasteiger partial charge is 0.178 e. The molecule has 80 valence electrons. The third kappa shape index (κ3) is 3.61. The number of azide groups is 1. The van der Waals surface area contributed by atoms with E-state index in [2.05, 4.69) is 10.0 Å². The first-order valence-corrected chi connectivity index (χ1v) is 6.11. The van der Waals surface area contributed by atoms with Crippen molar-refractivity contribution >= 4 is 9.84 Å². The Balaban J connectivity index is 2.64. The molecule has 5 nitrogen and oxygen atoms in total. The van der Waals surface area contributed by atoms with Crippen molar-refractivity contribution in [2.24, 2.45) is 5.11 Å². The molecule has 0 aliphatic rings. The number of benzene rings is 1. The molecule has 0 unspecified atom stereocenters. The Bertz CT molecular complexity index is 450. The molecule has 0 radical (unpaired) electrons. The molecule has 0 amide bonds. The Labute approximate surface area is 88.3 Å². The highest BCUT2D eigenvalue weighted by Gasteiger charge is 2.12. The van der Waals surface area contributed by atoms with Gasteiger partial charge in [0.05, 0.1) is 10.6 Å². The van der Waals surface area contributed by atoms with Crippen LogP contribution in [0.2, 0.25) is 0 Å². The number of sulfone groups is 1. The maximum absolute atomic E-state index is 11.7. The molecule has 0 atom stereocenters. The maximum atomic E-state index is 11.7. The molecule has 0 saturated heterocycles. The number of rotatable bonds is 5. The van der Waals surface area contributed by atoms with Gasteiger partial charge in [-0.05, 0) is 24.1 Å². The largest absolute Gasteiger partial charge is 0.224 e. The molecule has 0 aromatic heterocycles. The van der Waals surface area contributed by atoms with E-state index < -0.39 is 9.84 Å². The van der Waals surface area contributed by atoms with E-state index in [4.69, 9.17) is 5.53 Å². The molecular weight excluding hydrogens is 214 g/mol. The molecule has 0 bridgehead atoms. The fourth-order valence-electron chi connectivity index (χ4n) is 1.12. The van der Waals surface area contributed by atoms with Crippen LogP contribution in [0.3, 0.4) is 0 Å². The van der Waals surface area contributed by atoms with Gasteiger partial charge in [-0.25, -0.2) is 8.42 Å². The quantitative estimate of drug-likeness (QED) is 0.333. The average Bonchev–Trinajstić information content (AvgIpc) is 2.26. The van der Waals surface area contributed by atoms with Gasteiger partial charge in [0.25, 0.3) is 0 Å². The van der Waals surface area contributed by atoms with E-state index >= 15 is 0 Å². The number of nitrogens with zero attached hydrogens (tertiary/aromatic N) is 3. The van der Waals surface area contributed by atoms with Gasteiger partial charge in [0.2, 0.25) is 0 Å². The van der Waals surface area contributed by atoms with Gasteiger partial charge in [0, 0.05) is 11.5 Å². The highest BCUT2D eigenvalue weighted by Crippen LogP contribution is 2.10. The van der Waals surface area contributed by atoms with Gasteiger partial charge in [0.15, 0.2) is 9.84 Å². The highest BCUT2D eigenvalue weighted by atomic mass is 32.2. The lowest BCUT2D eigenvalue weighted by atomic mass is 10.4. The molecule has 0 aliphatic heterocycles. The summed E-state index contributed by atoms with van der Waals surface area (Å²) < 4.78 is 23.3. The zero-order chi connectivity index (χ0) is 11.1. The fraction of sp³-hybridized carbons (Fsp3) is 0.333. The van der Waals surface area contributed by atoms with Crippen LogP contribution in [0, 0.1) is 0 Å². The van der Waals surface area contributed by atoms with Gasteiger partial charge in [-0.1, -0.05) is 23.3 Å². The molecule has 0 heterocycles. The zero-order valence-corrected chi connectivity index (χ0v) is 8.89. The van der Waals surface area contributed by atoms with Crippen molar-refractivity contribution < 1.29 is 8.42 Å². The summed E-state index contributed by atoms with van der Waals surface area (Å²) in [5, 5.41) is 3.28. The summed E-state index contributed by atoms with van der Waals surface area (Å²) in [5.41, 5.74) is 8.02. The minimum Gasteiger partial charge on any atom is -0.224 e. The molecule has 0 spiro atoms. The van der Waals surface area contributed by atoms with Crippen LogP contribution in [0.4, 0.5) is 0 Å². The fourth-order valence-corrected chi connectivity index (χ4v) is 2.43. The van der Waals surface area contributed by atoms with Gasteiger partial charge >= 0.3 is 0 Å². The van der Waals surface area contributed by atoms with Crippen LogP contribution in [-0.2, 0) is 9.84 Å². The first-order chi connectivity index (χ1) is 7.17. The average molecular weight is 225 g/mol. The number of hydrogen-bond donors (Lipinski definition) is 0. The van der Waals surface area contributed by atoms with Crippen molar-refractivity contribution in [1.29, 1.82) is 0 Å². The summed E-state index contributed by atoms with van der Waals surface area (Å²) in [4.78, 5) is 2.87. The molecule has 0 aliphatic carbocycles. The Morgan fingerprint density at radius 3 is 2.53 bits per heavy atom. The Morgan fingerprint density at radius 1 is 1.27 bits per heavy atom.